The van der Waals surface area contributed by atoms with Gasteiger partial charge in [0.1, 0.15) is 0 Å². The third kappa shape index (κ3) is 0.714. The van der Waals surface area contributed by atoms with Gasteiger partial charge in [-0.25, -0.2) is 20.3 Å². The van der Waals surface area contributed by atoms with Gasteiger partial charge in [-0.1, -0.05) is 0 Å². The highest BCUT2D eigenvalue weighted by molar-refractivity contribution is 4.77. The fraction of sp³-hybridized carbons (Fsp3) is 1.00. The molecule has 1 aliphatic carbocycles. The summed E-state index contributed by atoms with van der Waals surface area (Å²) in [6.45, 7) is 0. The van der Waals surface area contributed by atoms with Crippen molar-refractivity contribution in [2.75, 3.05) is 0 Å². The summed E-state index contributed by atoms with van der Waals surface area (Å²) in [7, 11) is 0. The summed E-state index contributed by atoms with van der Waals surface area (Å²) in [5, 5.41) is 16.1. The molecule has 0 radical (unpaired) electrons. The van der Waals surface area contributed by atoms with Crippen LogP contribution in [0.15, 0.2) is 0 Å². The molecule has 8 heavy (non-hydrogen) atoms. The Morgan fingerprint density at radius 3 is 1.62 bits per heavy atom. The fourth-order valence-electron chi connectivity index (χ4n) is 0.665. The van der Waals surface area contributed by atoms with Crippen molar-refractivity contribution in [1.82, 2.24) is 0 Å². The average molecular weight is 120 g/mol. The second-order valence-electron chi connectivity index (χ2n) is 1.95. The highest BCUT2D eigenvalue weighted by Crippen LogP contribution is 2.34. The van der Waals surface area contributed by atoms with Gasteiger partial charge in [0.2, 0.25) is 5.79 Å². The Kier molecular flexibility index (Phi) is 1.48. The van der Waals surface area contributed by atoms with E-state index in [1.54, 1.807) is 0 Å². The highest BCUT2D eigenvalue weighted by atomic mass is 17.2. The van der Waals surface area contributed by atoms with Crippen LogP contribution in [-0.2, 0) is 9.78 Å². The monoisotopic (exact) mass is 120 g/mol. The molecule has 1 aliphatic rings. The van der Waals surface area contributed by atoms with E-state index in [1.165, 1.54) is 0 Å². The third-order valence-corrected chi connectivity index (χ3v) is 1.45. The minimum atomic E-state index is -1.08. The molecule has 0 unspecified atom stereocenters. The maximum Gasteiger partial charge on any atom is 0.233 e. The summed E-state index contributed by atoms with van der Waals surface area (Å²) in [5.74, 6) is -1.08. The quantitative estimate of drug-likeness (QED) is 0.322. The summed E-state index contributed by atoms with van der Waals surface area (Å²) in [4.78, 5) is 7.70. The molecule has 0 saturated heterocycles. The van der Waals surface area contributed by atoms with Crippen LogP contribution in [0.25, 0.3) is 0 Å². The molecule has 0 amide bonds. The molecule has 4 nitrogen and oxygen atoms in total. The molecule has 1 saturated carbocycles. The molecule has 0 aliphatic heterocycles. The Hall–Kier alpha value is -0.160. The van der Waals surface area contributed by atoms with Crippen molar-refractivity contribution >= 4 is 0 Å². The predicted molar refractivity (Wildman–Crippen MR) is 24.0 cm³/mol. The van der Waals surface area contributed by atoms with Gasteiger partial charge in [-0.3, -0.25) is 0 Å². The molecule has 4 heteroatoms. The molecule has 0 heterocycles. The summed E-state index contributed by atoms with van der Waals surface area (Å²) in [5.41, 5.74) is 0. The first-order valence-electron chi connectivity index (χ1n) is 2.48. The van der Waals surface area contributed by atoms with Crippen LogP contribution in [0.2, 0.25) is 0 Å². The van der Waals surface area contributed by atoms with Crippen LogP contribution in [0, 0.1) is 0 Å². The molecule has 0 aromatic heterocycles. The molecule has 48 valence electrons. The summed E-state index contributed by atoms with van der Waals surface area (Å²) in [6, 6.07) is 0. The van der Waals surface area contributed by atoms with E-state index in [0.717, 1.165) is 6.42 Å². The standard InChI is InChI=1S/C4H8O4/c5-7-4(8-6)2-1-3-4/h5-6H,1-3H2. The zero-order chi connectivity index (χ0) is 6.04. The lowest BCUT2D eigenvalue weighted by Gasteiger charge is -2.33. The zero-order valence-corrected chi connectivity index (χ0v) is 4.33. The van der Waals surface area contributed by atoms with E-state index in [9.17, 15) is 0 Å². The van der Waals surface area contributed by atoms with E-state index in [1.807, 2.05) is 0 Å². The van der Waals surface area contributed by atoms with Gasteiger partial charge in [-0.05, 0) is 6.42 Å². The van der Waals surface area contributed by atoms with Crippen molar-refractivity contribution in [1.29, 1.82) is 0 Å². The van der Waals surface area contributed by atoms with Crippen LogP contribution < -0.4 is 0 Å². The van der Waals surface area contributed by atoms with Crippen molar-refractivity contribution in [3.63, 3.8) is 0 Å². The van der Waals surface area contributed by atoms with E-state index in [4.69, 9.17) is 10.5 Å². The average Bonchev–Trinajstić information content (AvgIpc) is 1.67. The van der Waals surface area contributed by atoms with E-state index in [-0.39, 0.29) is 0 Å². The first-order chi connectivity index (χ1) is 3.83. The van der Waals surface area contributed by atoms with Crippen molar-refractivity contribution in [2.24, 2.45) is 0 Å². The fourth-order valence-corrected chi connectivity index (χ4v) is 0.665. The van der Waals surface area contributed by atoms with Gasteiger partial charge < -0.3 is 0 Å². The topological polar surface area (TPSA) is 58.9 Å². The van der Waals surface area contributed by atoms with Gasteiger partial charge in [0.15, 0.2) is 0 Å². The van der Waals surface area contributed by atoms with Crippen molar-refractivity contribution < 1.29 is 20.3 Å². The normalized spacial score (nSPS) is 24.8. The lowest BCUT2D eigenvalue weighted by atomic mass is 9.92. The summed E-state index contributed by atoms with van der Waals surface area (Å²) in [6.07, 6.45) is 2.03. The lowest BCUT2D eigenvalue weighted by molar-refractivity contribution is -0.505. The maximum atomic E-state index is 8.05. The first kappa shape index (κ1) is 5.97. The minimum Gasteiger partial charge on any atom is -0.249 e. The summed E-state index contributed by atoms with van der Waals surface area (Å²) >= 11 is 0. The molecule has 1 rings (SSSR count). The molecule has 0 aromatic rings. The Balaban J connectivity index is 2.33. The highest BCUT2D eigenvalue weighted by Gasteiger charge is 2.40. The van der Waals surface area contributed by atoms with Crippen LogP contribution in [0.5, 0.6) is 0 Å². The SMILES string of the molecule is OOC1(OO)CCC1. The summed E-state index contributed by atoms with van der Waals surface area (Å²) < 4.78 is 0. The van der Waals surface area contributed by atoms with Crippen LogP contribution in [0.4, 0.5) is 0 Å². The second-order valence-corrected chi connectivity index (χ2v) is 1.95. The second kappa shape index (κ2) is 1.99. The number of hydrogen-bond acceptors (Lipinski definition) is 4. The minimum absolute atomic E-state index is 0.556. The first-order valence-corrected chi connectivity index (χ1v) is 2.48. The van der Waals surface area contributed by atoms with Crippen molar-refractivity contribution in [3.8, 4) is 0 Å². The molecule has 0 bridgehead atoms. The van der Waals surface area contributed by atoms with Crippen LogP contribution in [-0.4, -0.2) is 16.3 Å². The van der Waals surface area contributed by atoms with E-state index >= 15 is 0 Å². The zero-order valence-electron chi connectivity index (χ0n) is 4.33. The van der Waals surface area contributed by atoms with Gasteiger partial charge >= 0.3 is 0 Å². The van der Waals surface area contributed by atoms with Gasteiger partial charge in [-0.2, -0.15) is 0 Å². The number of hydrogen-bond donors (Lipinski definition) is 2. The predicted octanol–water partition coefficient (Wildman–Crippen LogP) is 0.846. The van der Waals surface area contributed by atoms with E-state index in [0.29, 0.717) is 12.8 Å². The smallest absolute Gasteiger partial charge is 0.233 e. The van der Waals surface area contributed by atoms with Crippen LogP contribution in [0.3, 0.4) is 0 Å². The van der Waals surface area contributed by atoms with E-state index in [2.05, 4.69) is 9.78 Å². The Labute approximate surface area is 46.5 Å². The van der Waals surface area contributed by atoms with Crippen molar-refractivity contribution in [2.45, 2.75) is 25.0 Å². The molecule has 0 aromatic carbocycles. The third-order valence-electron chi connectivity index (χ3n) is 1.45. The van der Waals surface area contributed by atoms with E-state index < -0.39 is 5.79 Å². The maximum absolute atomic E-state index is 8.05. The lowest BCUT2D eigenvalue weighted by Crippen LogP contribution is -2.41. The Morgan fingerprint density at radius 2 is 1.62 bits per heavy atom. The Bertz CT molecular complexity index is 64.6. The molecule has 0 atom stereocenters. The number of rotatable bonds is 2. The Morgan fingerprint density at radius 1 is 1.12 bits per heavy atom. The van der Waals surface area contributed by atoms with Crippen LogP contribution in [0.1, 0.15) is 19.3 Å². The van der Waals surface area contributed by atoms with Gasteiger partial charge in [-0.15, -0.1) is 0 Å². The van der Waals surface area contributed by atoms with Crippen LogP contribution >= 0.6 is 0 Å². The van der Waals surface area contributed by atoms with Crippen molar-refractivity contribution in [3.05, 3.63) is 0 Å². The molecular weight excluding hydrogens is 112 g/mol. The largest absolute Gasteiger partial charge is 0.249 e. The van der Waals surface area contributed by atoms with Gasteiger partial charge in [0, 0.05) is 12.8 Å². The molecular formula is C4H8O4. The molecule has 1 fully saturated rings. The van der Waals surface area contributed by atoms with Gasteiger partial charge in [0.05, 0.1) is 0 Å². The molecule has 0 spiro atoms. The molecule has 2 N–H and O–H groups in total. The van der Waals surface area contributed by atoms with Gasteiger partial charge in [0.25, 0.3) is 0 Å².